The maximum atomic E-state index is 12.4. The summed E-state index contributed by atoms with van der Waals surface area (Å²) < 4.78 is 11.4. The number of benzene rings is 1. The van der Waals surface area contributed by atoms with Gasteiger partial charge in [0.05, 0.1) is 0 Å². The molecule has 0 aromatic heterocycles. The zero-order valence-electron chi connectivity index (χ0n) is 16.7. The lowest BCUT2D eigenvalue weighted by atomic mass is 10.2. The summed E-state index contributed by atoms with van der Waals surface area (Å²) in [6, 6.07) is 5.31. The van der Waals surface area contributed by atoms with Crippen molar-refractivity contribution in [3.63, 3.8) is 0 Å². The van der Waals surface area contributed by atoms with E-state index in [1.807, 2.05) is 43.4 Å². The van der Waals surface area contributed by atoms with Gasteiger partial charge in [0.1, 0.15) is 15.1 Å². The molecule has 1 saturated heterocycles. The Kier molecular flexibility index (Phi) is 7.50. The fourth-order valence-electron chi connectivity index (χ4n) is 2.71. The van der Waals surface area contributed by atoms with Crippen LogP contribution in [0.1, 0.15) is 26.3 Å². The van der Waals surface area contributed by atoms with Gasteiger partial charge in [-0.3, -0.25) is 10.2 Å². The number of ether oxygens (including phenoxy) is 2. The molecule has 8 nitrogen and oxygen atoms in total. The van der Waals surface area contributed by atoms with Crippen LogP contribution < -0.4 is 10.1 Å². The lowest BCUT2D eigenvalue weighted by Crippen LogP contribution is -2.52. The number of anilines is 1. The van der Waals surface area contributed by atoms with Gasteiger partial charge >= 0.3 is 6.09 Å². The molecule has 1 aliphatic heterocycles. The van der Waals surface area contributed by atoms with Crippen LogP contribution in [0.25, 0.3) is 0 Å². The third kappa shape index (κ3) is 6.25. The van der Waals surface area contributed by atoms with Gasteiger partial charge in [0, 0.05) is 50.5 Å². The van der Waals surface area contributed by atoms with Gasteiger partial charge in [-0.05, 0) is 55.5 Å². The average Bonchev–Trinajstić information content (AvgIpc) is 2.64. The molecule has 0 saturated carbocycles. The molecule has 2 N–H and O–H groups in total. The topological polar surface area (TPSA) is 95.0 Å². The van der Waals surface area contributed by atoms with Gasteiger partial charge in [0.15, 0.2) is 6.61 Å². The minimum absolute atomic E-state index is 0.0728. The van der Waals surface area contributed by atoms with Crippen molar-refractivity contribution in [1.29, 1.82) is 5.41 Å². The predicted molar refractivity (Wildman–Crippen MR) is 117 cm³/mol. The summed E-state index contributed by atoms with van der Waals surface area (Å²) in [5.41, 5.74) is 1.02. The molecule has 28 heavy (non-hydrogen) atoms. The number of hydrogen-bond donors (Lipinski definition) is 2. The van der Waals surface area contributed by atoms with Crippen molar-refractivity contribution >= 4 is 44.0 Å². The van der Waals surface area contributed by atoms with E-state index in [0.29, 0.717) is 35.6 Å². The van der Waals surface area contributed by atoms with Crippen LogP contribution in [0.15, 0.2) is 18.2 Å². The molecule has 0 atom stereocenters. The lowest BCUT2D eigenvalue weighted by molar-refractivity contribution is -0.135. The summed E-state index contributed by atoms with van der Waals surface area (Å²) in [7, 11) is 1.78. The number of carbonyl (C=O) groups is 2. The van der Waals surface area contributed by atoms with Crippen LogP contribution in [0.4, 0.5) is 10.5 Å². The number of rotatable bonds is 5. The summed E-state index contributed by atoms with van der Waals surface area (Å²) in [6.45, 7) is 7.21. The van der Waals surface area contributed by atoms with E-state index in [2.05, 4.69) is 5.32 Å². The number of nitrogens with one attached hydrogen (secondary N) is 2. The van der Waals surface area contributed by atoms with Gasteiger partial charge in [0.2, 0.25) is 0 Å². The number of carbonyl (C=O) groups excluding carboxylic acids is 2. The van der Waals surface area contributed by atoms with Gasteiger partial charge < -0.3 is 24.6 Å². The van der Waals surface area contributed by atoms with Crippen molar-refractivity contribution in [3.05, 3.63) is 23.8 Å². The first kappa shape index (κ1) is 22.3. The second-order valence-electron chi connectivity index (χ2n) is 7.41. The summed E-state index contributed by atoms with van der Waals surface area (Å²) in [6.07, 6.45) is -0.351. The number of piperazine rings is 1. The fraction of sp³-hybridized carbons (Fsp3) is 0.526. The van der Waals surface area contributed by atoms with Crippen LogP contribution in [0, 0.1) is 5.41 Å². The molecule has 1 aliphatic rings. The molecular weight excluding hydrogens is 475 g/mol. The summed E-state index contributed by atoms with van der Waals surface area (Å²) in [5, 5.41) is 10.8. The highest BCUT2D eigenvalue weighted by molar-refractivity contribution is 14.1. The van der Waals surface area contributed by atoms with Crippen molar-refractivity contribution in [2.45, 2.75) is 26.4 Å². The number of amides is 2. The largest absolute Gasteiger partial charge is 0.484 e. The molecule has 2 rings (SSSR count). The molecule has 0 bridgehead atoms. The zero-order valence-corrected chi connectivity index (χ0v) is 18.8. The highest BCUT2D eigenvalue weighted by atomic mass is 127. The van der Waals surface area contributed by atoms with Gasteiger partial charge in [-0.1, -0.05) is 0 Å². The maximum Gasteiger partial charge on any atom is 0.410 e. The first-order chi connectivity index (χ1) is 13.1. The molecule has 1 heterocycles. The Morgan fingerprint density at radius 3 is 2.32 bits per heavy atom. The van der Waals surface area contributed by atoms with E-state index in [4.69, 9.17) is 14.9 Å². The Hall–Kier alpha value is -2.04. The highest BCUT2D eigenvalue weighted by Gasteiger charge is 2.27. The first-order valence-corrected chi connectivity index (χ1v) is 10.1. The SMILES string of the molecule is CNc1cc(OCC(=O)N2CCN(C(=O)OC(C)(C)C)CC2)ccc1C(=N)I. The van der Waals surface area contributed by atoms with Crippen molar-refractivity contribution in [2.75, 3.05) is 45.2 Å². The van der Waals surface area contributed by atoms with E-state index in [1.165, 1.54) is 0 Å². The first-order valence-electron chi connectivity index (χ1n) is 9.05. The second-order valence-corrected chi connectivity index (χ2v) is 8.49. The molecule has 0 spiro atoms. The van der Waals surface area contributed by atoms with E-state index in [1.54, 1.807) is 35.0 Å². The molecule has 154 valence electrons. The fourth-order valence-corrected chi connectivity index (χ4v) is 3.18. The maximum absolute atomic E-state index is 12.4. The molecule has 2 amide bonds. The van der Waals surface area contributed by atoms with Crippen LogP contribution in [0.5, 0.6) is 5.75 Å². The molecular formula is C19H27IN4O4. The molecule has 0 radical (unpaired) electrons. The van der Waals surface area contributed by atoms with Crippen LogP contribution in [0.3, 0.4) is 0 Å². The van der Waals surface area contributed by atoms with Crippen molar-refractivity contribution in [3.8, 4) is 5.75 Å². The quantitative estimate of drug-likeness (QED) is 0.477. The molecule has 1 aromatic carbocycles. The third-order valence-electron chi connectivity index (χ3n) is 4.14. The lowest BCUT2D eigenvalue weighted by Gasteiger charge is -2.35. The monoisotopic (exact) mass is 502 g/mol. The molecule has 1 fully saturated rings. The van der Waals surface area contributed by atoms with Crippen LogP contribution >= 0.6 is 22.6 Å². The number of halogens is 1. The summed E-state index contributed by atoms with van der Waals surface area (Å²) in [4.78, 5) is 27.8. The summed E-state index contributed by atoms with van der Waals surface area (Å²) in [5.74, 6) is 0.437. The van der Waals surface area contributed by atoms with Crippen LogP contribution in [-0.2, 0) is 9.53 Å². The minimum Gasteiger partial charge on any atom is -0.484 e. The number of hydrogen-bond acceptors (Lipinski definition) is 6. The Bertz CT molecular complexity index is 740. The van der Waals surface area contributed by atoms with Crippen LogP contribution in [0.2, 0.25) is 0 Å². The minimum atomic E-state index is -0.532. The Morgan fingerprint density at radius 2 is 1.79 bits per heavy atom. The van der Waals surface area contributed by atoms with E-state index in [0.717, 1.165) is 11.3 Å². The summed E-state index contributed by atoms with van der Waals surface area (Å²) >= 11 is 1.95. The normalized spacial score (nSPS) is 14.5. The zero-order chi connectivity index (χ0) is 20.9. The van der Waals surface area contributed by atoms with Crippen molar-refractivity contribution in [1.82, 2.24) is 9.80 Å². The van der Waals surface area contributed by atoms with Gasteiger partial charge in [-0.2, -0.15) is 0 Å². The van der Waals surface area contributed by atoms with Gasteiger partial charge in [0.25, 0.3) is 5.91 Å². The molecule has 9 heteroatoms. The average molecular weight is 502 g/mol. The molecule has 0 aliphatic carbocycles. The van der Waals surface area contributed by atoms with Crippen molar-refractivity contribution < 1.29 is 19.1 Å². The van der Waals surface area contributed by atoms with E-state index < -0.39 is 5.60 Å². The standard InChI is InChI=1S/C19H27IN4O4/c1-19(2,3)28-18(26)24-9-7-23(8-10-24)16(25)12-27-13-5-6-14(17(20)21)15(11-13)22-4/h5-6,11,21-22H,7-10,12H2,1-4H3. The predicted octanol–water partition coefficient (Wildman–Crippen LogP) is 2.95. The smallest absolute Gasteiger partial charge is 0.410 e. The molecule has 0 unspecified atom stereocenters. The number of nitrogens with zero attached hydrogens (tertiary/aromatic N) is 2. The second kappa shape index (κ2) is 9.44. The highest BCUT2D eigenvalue weighted by Crippen LogP contribution is 2.24. The molecule has 1 aromatic rings. The van der Waals surface area contributed by atoms with E-state index >= 15 is 0 Å². The van der Waals surface area contributed by atoms with Crippen LogP contribution in [-0.4, -0.2) is 71.0 Å². The van der Waals surface area contributed by atoms with E-state index in [9.17, 15) is 9.59 Å². The Morgan fingerprint density at radius 1 is 1.18 bits per heavy atom. The third-order valence-corrected chi connectivity index (χ3v) is 4.72. The Labute approximate surface area is 179 Å². The van der Waals surface area contributed by atoms with Crippen molar-refractivity contribution in [2.24, 2.45) is 0 Å². The van der Waals surface area contributed by atoms with Gasteiger partial charge in [-0.15, -0.1) is 0 Å². The Balaban J connectivity index is 1.85. The van der Waals surface area contributed by atoms with E-state index in [-0.39, 0.29) is 18.6 Å². The van der Waals surface area contributed by atoms with Gasteiger partial charge in [-0.25, -0.2) is 4.79 Å².